The first-order chi connectivity index (χ1) is 16.9. The van der Waals surface area contributed by atoms with E-state index in [1.807, 2.05) is 42.5 Å². The van der Waals surface area contributed by atoms with Crippen LogP contribution >= 0.6 is 0 Å². The molecule has 6 nitrogen and oxygen atoms in total. The third-order valence-electron chi connectivity index (χ3n) is 7.18. The molecule has 1 fully saturated rings. The number of rotatable bonds is 6. The molecule has 7 heteroatoms. The number of nitrogens with zero attached hydrogens (tertiary/aromatic N) is 1. The third kappa shape index (κ3) is 4.58. The Labute approximate surface area is 204 Å². The molecule has 3 aliphatic rings. The lowest BCUT2D eigenvalue weighted by Crippen LogP contribution is -2.44. The molecule has 35 heavy (non-hydrogen) atoms. The summed E-state index contributed by atoms with van der Waals surface area (Å²) in [5.74, 6) is -0.389. The van der Waals surface area contributed by atoms with Crippen LogP contribution < -0.4 is 16.0 Å². The SMILES string of the molecule is CC1(C2=CC(Nc3ccc(F)cc3)=NC(Nc3ccc(C4(C(=O)O)CCC4)cc3)N2)C=CC=CC1. The summed E-state index contributed by atoms with van der Waals surface area (Å²) in [6.07, 6.45) is 13.1. The highest BCUT2D eigenvalue weighted by Gasteiger charge is 2.45. The smallest absolute Gasteiger partial charge is 0.314 e. The van der Waals surface area contributed by atoms with Gasteiger partial charge in [-0.2, -0.15) is 0 Å². The van der Waals surface area contributed by atoms with E-state index in [4.69, 9.17) is 4.99 Å². The number of benzene rings is 2. The van der Waals surface area contributed by atoms with E-state index in [-0.39, 0.29) is 11.2 Å². The fraction of sp³-hybridized carbons (Fsp3) is 0.286. The Bertz CT molecular complexity index is 1230. The zero-order valence-corrected chi connectivity index (χ0v) is 19.6. The number of anilines is 2. The number of carboxylic acids is 1. The van der Waals surface area contributed by atoms with E-state index in [0.29, 0.717) is 18.7 Å². The predicted octanol–water partition coefficient (Wildman–Crippen LogP) is 5.55. The first kappa shape index (κ1) is 22.9. The average molecular weight is 473 g/mol. The maximum atomic E-state index is 13.4. The summed E-state index contributed by atoms with van der Waals surface area (Å²) < 4.78 is 13.4. The zero-order valence-electron chi connectivity index (χ0n) is 19.6. The molecule has 0 amide bonds. The monoisotopic (exact) mass is 472 g/mol. The van der Waals surface area contributed by atoms with Crippen molar-refractivity contribution in [3.63, 3.8) is 0 Å². The maximum absolute atomic E-state index is 13.4. The highest BCUT2D eigenvalue weighted by atomic mass is 19.1. The molecular weight excluding hydrogens is 443 g/mol. The van der Waals surface area contributed by atoms with Gasteiger partial charge in [0.15, 0.2) is 6.29 Å². The van der Waals surface area contributed by atoms with Crippen molar-refractivity contribution >= 4 is 23.2 Å². The quantitative estimate of drug-likeness (QED) is 0.443. The third-order valence-corrected chi connectivity index (χ3v) is 7.18. The van der Waals surface area contributed by atoms with E-state index in [2.05, 4.69) is 35.0 Å². The van der Waals surface area contributed by atoms with Crippen molar-refractivity contribution < 1.29 is 14.3 Å². The summed E-state index contributed by atoms with van der Waals surface area (Å²) in [6.45, 7) is 2.17. The number of carbonyl (C=O) groups is 1. The lowest BCUT2D eigenvalue weighted by atomic mass is 9.64. The van der Waals surface area contributed by atoms with Gasteiger partial charge in [0, 0.05) is 28.6 Å². The van der Waals surface area contributed by atoms with Crippen LogP contribution in [0.1, 0.15) is 38.2 Å². The van der Waals surface area contributed by atoms with Gasteiger partial charge in [-0.15, -0.1) is 0 Å². The summed E-state index contributed by atoms with van der Waals surface area (Å²) >= 11 is 0. The average Bonchev–Trinajstić information content (AvgIpc) is 2.81. The van der Waals surface area contributed by atoms with Gasteiger partial charge in [0.2, 0.25) is 0 Å². The van der Waals surface area contributed by atoms with Crippen molar-refractivity contribution in [2.45, 2.75) is 44.3 Å². The van der Waals surface area contributed by atoms with Crippen molar-refractivity contribution in [1.29, 1.82) is 0 Å². The van der Waals surface area contributed by atoms with Gasteiger partial charge in [-0.05, 0) is 61.2 Å². The molecule has 5 rings (SSSR count). The number of aliphatic imine (C=N–C) groups is 1. The molecule has 180 valence electrons. The van der Waals surface area contributed by atoms with Crippen LogP contribution in [0.15, 0.2) is 89.6 Å². The molecule has 0 bridgehead atoms. The number of hydrogen-bond donors (Lipinski definition) is 4. The van der Waals surface area contributed by atoms with Crippen LogP contribution in [0.25, 0.3) is 0 Å². The van der Waals surface area contributed by atoms with Gasteiger partial charge in [-0.1, -0.05) is 49.8 Å². The first-order valence-corrected chi connectivity index (χ1v) is 11.9. The number of nitrogens with one attached hydrogen (secondary N) is 3. The summed E-state index contributed by atoms with van der Waals surface area (Å²) in [4.78, 5) is 16.6. The summed E-state index contributed by atoms with van der Waals surface area (Å²) in [6, 6.07) is 13.8. The molecule has 2 aliphatic carbocycles. The highest BCUT2D eigenvalue weighted by Crippen LogP contribution is 2.44. The van der Waals surface area contributed by atoms with Crippen LogP contribution in [0, 0.1) is 11.2 Å². The summed E-state index contributed by atoms with van der Waals surface area (Å²) in [5, 5.41) is 19.9. The molecule has 2 aromatic carbocycles. The van der Waals surface area contributed by atoms with Gasteiger partial charge < -0.3 is 21.1 Å². The minimum Gasteiger partial charge on any atom is -0.481 e. The first-order valence-electron chi connectivity index (χ1n) is 11.9. The molecule has 0 spiro atoms. The molecule has 0 radical (unpaired) electrons. The Morgan fingerprint density at radius 2 is 1.80 bits per heavy atom. The minimum atomic E-state index is -0.753. The fourth-order valence-electron chi connectivity index (χ4n) is 4.81. The minimum absolute atomic E-state index is 0.220. The number of hydrogen-bond acceptors (Lipinski definition) is 5. The predicted molar refractivity (Wildman–Crippen MR) is 137 cm³/mol. The van der Waals surface area contributed by atoms with Crippen molar-refractivity contribution in [3.05, 3.63) is 96.0 Å². The standard InChI is InChI=1S/C28H29FN4O2/c1-27(14-3-2-4-15-27)23-18-24(30-21-12-8-20(29)9-13-21)33-26(32-23)31-22-10-6-19(7-11-22)28(25(34)35)16-5-17-28/h2-4,6-14,18,26,31-32H,5,15-17H2,1H3,(H,30,33)(H,34,35). The number of aliphatic carboxylic acids is 1. The van der Waals surface area contributed by atoms with Crippen molar-refractivity contribution in [3.8, 4) is 0 Å². The molecule has 2 aromatic rings. The van der Waals surface area contributed by atoms with Crippen molar-refractivity contribution in [2.24, 2.45) is 10.4 Å². The van der Waals surface area contributed by atoms with E-state index >= 15 is 0 Å². The van der Waals surface area contributed by atoms with Crippen molar-refractivity contribution in [1.82, 2.24) is 5.32 Å². The lowest BCUT2D eigenvalue weighted by molar-refractivity contribution is -0.147. The topological polar surface area (TPSA) is 85.8 Å². The number of allylic oxidation sites excluding steroid dienone is 4. The molecule has 4 N–H and O–H groups in total. The fourth-order valence-corrected chi connectivity index (χ4v) is 4.81. The van der Waals surface area contributed by atoms with Crippen LogP contribution in [0.2, 0.25) is 0 Å². The molecule has 2 unspecified atom stereocenters. The van der Waals surface area contributed by atoms with E-state index in [1.54, 1.807) is 12.1 Å². The van der Waals surface area contributed by atoms with Crippen LogP contribution in [0.5, 0.6) is 0 Å². The van der Waals surface area contributed by atoms with Gasteiger partial charge in [0.1, 0.15) is 11.7 Å². The van der Waals surface area contributed by atoms with Gasteiger partial charge in [0.25, 0.3) is 0 Å². The molecule has 0 saturated heterocycles. The Morgan fingerprint density at radius 1 is 1.09 bits per heavy atom. The molecule has 2 atom stereocenters. The largest absolute Gasteiger partial charge is 0.481 e. The molecular formula is C28H29FN4O2. The van der Waals surface area contributed by atoms with Crippen LogP contribution in [-0.2, 0) is 10.2 Å². The Balaban J connectivity index is 1.38. The van der Waals surface area contributed by atoms with Gasteiger partial charge in [-0.25, -0.2) is 9.38 Å². The highest BCUT2D eigenvalue weighted by molar-refractivity contribution is 6.05. The zero-order chi connectivity index (χ0) is 24.5. The Hall–Kier alpha value is -3.87. The maximum Gasteiger partial charge on any atom is 0.314 e. The number of carboxylic acid groups (broad SMARTS) is 1. The molecule has 1 aliphatic heterocycles. The molecule has 1 saturated carbocycles. The van der Waals surface area contributed by atoms with Gasteiger partial charge >= 0.3 is 5.97 Å². The van der Waals surface area contributed by atoms with E-state index in [9.17, 15) is 14.3 Å². The van der Waals surface area contributed by atoms with Crippen LogP contribution in [0.4, 0.5) is 15.8 Å². The van der Waals surface area contributed by atoms with Crippen LogP contribution in [0.3, 0.4) is 0 Å². The Kier molecular flexibility index (Phi) is 5.93. The van der Waals surface area contributed by atoms with Gasteiger partial charge in [0.05, 0.1) is 5.41 Å². The van der Waals surface area contributed by atoms with E-state index in [1.165, 1.54) is 12.1 Å². The molecule has 0 aromatic heterocycles. The second-order valence-corrected chi connectivity index (χ2v) is 9.62. The normalized spacial score (nSPS) is 24.5. The van der Waals surface area contributed by atoms with E-state index in [0.717, 1.165) is 35.5 Å². The second-order valence-electron chi connectivity index (χ2n) is 9.62. The summed E-state index contributed by atoms with van der Waals surface area (Å²) in [7, 11) is 0. The number of halogens is 1. The second kappa shape index (κ2) is 9.06. The number of amidine groups is 1. The van der Waals surface area contributed by atoms with Gasteiger partial charge in [-0.3, -0.25) is 4.79 Å². The van der Waals surface area contributed by atoms with Crippen molar-refractivity contribution in [2.75, 3.05) is 10.6 Å². The van der Waals surface area contributed by atoms with E-state index < -0.39 is 17.7 Å². The van der Waals surface area contributed by atoms with Crippen LogP contribution in [-0.4, -0.2) is 23.2 Å². The lowest BCUT2D eigenvalue weighted by Gasteiger charge is -2.38. The molecule has 1 heterocycles. The Morgan fingerprint density at radius 3 is 2.40 bits per heavy atom. The summed E-state index contributed by atoms with van der Waals surface area (Å²) in [5.41, 5.74) is 2.45.